The van der Waals surface area contributed by atoms with Crippen molar-refractivity contribution in [1.82, 2.24) is 19.1 Å². The molecule has 38 heavy (non-hydrogen) atoms. The standard InChI is InChI=1S/C11H18N5O14P3.H3O4P/c1-15-9(19)5-8(14-11(15)12)16(3-13-5)10-7(18)6(17)4(28-10)2-27-32(23,24)30-33(25,26)29-31(20,21)22;1-5(2,3)4/h3-4,6-7,10,17-18H,2H2,1H3,(H2,12,14)(H,23,24)(H,25,26)(H2,20,21,22);(H3,1,2,3,4)/t4-,6-,7-,10-;/m1./s1. The first-order chi connectivity index (χ1) is 17.0. The number of hydrogen-bond donors (Lipinski definition) is 10. The highest BCUT2D eigenvalue weighted by Gasteiger charge is 2.47. The molecule has 0 spiro atoms. The molecule has 218 valence electrons. The molecule has 2 aromatic rings. The summed E-state index contributed by atoms with van der Waals surface area (Å²) in [6, 6.07) is 0. The van der Waals surface area contributed by atoms with E-state index in [1.165, 1.54) is 7.05 Å². The van der Waals surface area contributed by atoms with Gasteiger partial charge < -0.3 is 54.9 Å². The lowest BCUT2D eigenvalue weighted by Gasteiger charge is -2.19. The Bertz CT molecular complexity index is 1410. The summed E-state index contributed by atoms with van der Waals surface area (Å²) in [5.74, 6) is -0.188. The van der Waals surface area contributed by atoms with Crippen LogP contribution in [0.25, 0.3) is 11.2 Å². The maximum atomic E-state index is 12.2. The van der Waals surface area contributed by atoms with Crippen molar-refractivity contribution in [1.29, 1.82) is 0 Å². The van der Waals surface area contributed by atoms with Gasteiger partial charge in [0.1, 0.15) is 18.3 Å². The van der Waals surface area contributed by atoms with Crippen LogP contribution in [-0.2, 0) is 43.2 Å². The number of phosphoric acid groups is 4. The zero-order valence-corrected chi connectivity index (χ0v) is 22.0. The number of nitrogens with two attached hydrogens (primary N) is 1. The molecule has 2 unspecified atom stereocenters. The van der Waals surface area contributed by atoms with Crippen LogP contribution >= 0.6 is 31.3 Å². The Morgan fingerprint density at radius 1 is 1.00 bits per heavy atom. The number of rotatable bonds is 8. The predicted octanol–water partition coefficient (Wildman–Crippen LogP) is -3.25. The minimum atomic E-state index is -5.73. The van der Waals surface area contributed by atoms with Gasteiger partial charge in [0.05, 0.1) is 12.9 Å². The number of aromatic nitrogens is 4. The zero-order valence-electron chi connectivity index (χ0n) is 18.4. The molecule has 0 aliphatic carbocycles. The number of aliphatic hydroxyl groups excluding tert-OH is 2. The Hall–Kier alpha value is -1.45. The van der Waals surface area contributed by atoms with Crippen LogP contribution in [0.15, 0.2) is 11.1 Å². The Morgan fingerprint density at radius 2 is 1.55 bits per heavy atom. The van der Waals surface area contributed by atoms with Gasteiger partial charge in [0.25, 0.3) is 5.56 Å². The van der Waals surface area contributed by atoms with Crippen LogP contribution < -0.4 is 11.3 Å². The van der Waals surface area contributed by atoms with Gasteiger partial charge in [0, 0.05) is 7.05 Å². The molecule has 3 heterocycles. The molecule has 6 atom stereocenters. The highest BCUT2D eigenvalue weighted by atomic mass is 31.3. The van der Waals surface area contributed by atoms with Crippen molar-refractivity contribution in [2.75, 3.05) is 12.3 Å². The minimum absolute atomic E-state index is 0.0969. The van der Waals surface area contributed by atoms with Crippen molar-refractivity contribution in [2.45, 2.75) is 24.5 Å². The van der Waals surface area contributed by atoms with Crippen LogP contribution in [0.1, 0.15) is 6.23 Å². The van der Waals surface area contributed by atoms with Crippen molar-refractivity contribution in [3.8, 4) is 0 Å². The third-order valence-electron chi connectivity index (χ3n) is 4.27. The minimum Gasteiger partial charge on any atom is -0.387 e. The summed E-state index contributed by atoms with van der Waals surface area (Å²) in [7, 11) is -20.1. The first-order valence-corrected chi connectivity index (χ1v) is 15.4. The van der Waals surface area contributed by atoms with E-state index in [1.54, 1.807) is 0 Å². The molecule has 1 aliphatic rings. The van der Waals surface area contributed by atoms with Crippen LogP contribution in [-0.4, -0.2) is 88.5 Å². The molecule has 11 N–H and O–H groups in total. The van der Waals surface area contributed by atoms with Crippen LogP contribution in [0.5, 0.6) is 0 Å². The van der Waals surface area contributed by atoms with E-state index >= 15 is 0 Å². The van der Waals surface area contributed by atoms with Crippen molar-refractivity contribution in [3.05, 3.63) is 16.7 Å². The number of phosphoric ester groups is 1. The summed E-state index contributed by atoms with van der Waals surface area (Å²) >= 11 is 0. The number of aliphatic hydroxyl groups is 2. The van der Waals surface area contributed by atoms with Gasteiger partial charge in [0.2, 0.25) is 5.95 Å². The highest BCUT2D eigenvalue weighted by molar-refractivity contribution is 7.66. The topological polar surface area (TPSA) is 366 Å². The van der Waals surface area contributed by atoms with Crippen LogP contribution in [0.2, 0.25) is 0 Å². The average Bonchev–Trinajstić information content (AvgIpc) is 3.22. The number of ether oxygens (including phenoxy) is 1. The molecule has 0 radical (unpaired) electrons. The molecule has 0 bridgehead atoms. The number of imidazole rings is 1. The summed E-state index contributed by atoms with van der Waals surface area (Å²) in [5, 5.41) is 20.5. The molecular formula is C11H21N5O18P4. The molecule has 0 amide bonds. The summed E-state index contributed by atoms with van der Waals surface area (Å²) in [6.45, 7) is -1.01. The quantitative estimate of drug-likeness (QED) is 0.127. The second kappa shape index (κ2) is 11.6. The fourth-order valence-electron chi connectivity index (χ4n) is 2.82. The van der Waals surface area contributed by atoms with Crippen molar-refractivity contribution in [3.63, 3.8) is 0 Å². The Labute approximate surface area is 209 Å². The fourth-order valence-corrected chi connectivity index (χ4v) is 5.85. The summed E-state index contributed by atoms with van der Waals surface area (Å²) < 4.78 is 61.7. The van der Waals surface area contributed by atoms with E-state index in [1.807, 2.05) is 0 Å². The maximum Gasteiger partial charge on any atom is 0.490 e. The molecule has 1 saturated heterocycles. The fraction of sp³-hybridized carbons (Fsp3) is 0.545. The van der Waals surface area contributed by atoms with Gasteiger partial charge in [-0.2, -0.15) is 13.6 Å². The van der Waals surface area contributed by atoms with Crippen LogP contribution in [0.4, 0.5) is 5.95 Å². The predicted molar refractivity (Wildman–Crippen MR) is 117 cm³/mol. The molecule has 0 saturated carbocycles. The Morgan fingerprint density at radius 3 is 2.08 bits per heavy atom. The van der Waals surface area contributed by atoms with E-state index in [4.69, 9.17) is 44.4 Å². The van der Waals surface area contributed by atoms with E-state index in [9.17, 15) is 33.6 Å². The average molecular weight is 635 g/mol. The lowest BCUT2D eigenvalue weighted by molar-refractivity contribution is -0.0503. The third kappa shape index (κ3) is 9.05. The van der Waals surface area contributed by atoms with Crippen molar-refractivity contribution >= 4 is 48.4 Å². The maximum absolute atomic E-state index is 12.2. The number of fused-ring (bicyclic) bond motifs is 1. The number of anilines is 1. The summed E-state index contributed by atoms with van der Waals surface area (Å²) in [6.07, 6.45) is -5.31. The molecule has 1 fully saturated rings. The first kappa shape index (κ1) is 32.8. The van der Waals surface area contributed by atoms with Crippen LogP contribution in [0, 0.1) is 0 Å². The van der Waals surface area contributed by atoms with Crippen molar-refractivity contribution < 1.29 is 80.6 Å². The number of hydrogen-bond acceptors (Lipinski definition) is 14. The number of nitrogens with zero attached hydrogens (tertiary/aromatic N) is 4. The van der Waals surface area contributed by atoms with E-state index in [0.717, 1.165) is 15.5 Å². The van der Waals surface area contributed by atoms with Gasteiger partial charge in [0.15, 0.2) is 17.4 Å². The van der Waals surface area contributed by atoms with Crippen molar-refractivity contribution in [2.24, 2.45) is 7.05 Å². The summed E-state index contributed by atoms with van der Waals surface area (Å²) in [4.78, 5) is 77.3. The second-order valence-electron chi connectivity index (χ2n) is 7.10. The molecule has 2 aromatic heterocycles. The summed E-state index contributed by atoms with van der Waals surface area (Å²) in [5.41, 5.74) is 4.82. The first-order valence-electron chi connectivity index (χ1n) is 9.28. The zero-order chi connectivity index (χ0) is 29.4. The lowest BCUT2D eigenvalue weighted by Crippen LogP contribution is -2.33. The molecule has 1 aliphatic heterocycles. The molecule has 3 rings (SSSR count). The molecular weight excluding hydrogens is 614 g/mol. The van der Waals surface area contributed by atoms with E-state index in [-0.39, 0.29) is 17.1 Å². The van der Waals surface area contributed by atoms with E-state index in [0.29, 0.717) is 0 Å². The van der Waals surface area contributed by atoms with Gasteiger partial charge >= 0.3 is 31.3 Å². The van der Waals surface area contributed by atoms with Gasteiger partial charge in [-0.05, 0) is 0 Å². The third-order valence-corrected chi connectivity index (χ3v) is 8.07. The Kier molecular flexibility index (Phi) is 9.98. The monoisotopic (exact) mass is 635 g/mol. The normalized spacial score (nSPS) is 25.4. The SMILES string of the molecule is Cn1c(N)nc2c(ncn2[C@@H]2O[C@H](COP(=O)(O)OP(=O)(O)OP(=O)(O)O)[C@@H](O)[C@H]2O)c1=O.O=P(O)(O)O. The van der Waals surface area contributed by atoms with Gasteiger partial charge in [-0.15, -0.1) is 0 Å². The number of nitrogen functional groups attached to an aromatic ring is 1. The lowest BCUT2D eigenvalue weighted by atomic mass is 10.1. The van der Waals surface area contributed by atoms with Crippen LogP contribution in [0.3, 0.4) is 0 Å². The van der Waals surface area contributed by atoms with E-state index < -0.39 is 68.0 Å². The van der Waals surface area contributed by atoms with E-state index in [2.05, 4.69) is 23.1 Å². The molecule has 27 heteroatoms. The Balaban J connectivity index is 0.000000926. The smallest absolute Gasteiger partial charge is 0.387 e. The molecule has 0 aromatic carbocycles. The van der Waals surface area contributed by atoms with Gasteiger partial charge in [-0.1, -0.05) is 0 Å². The van der Waals surface area contributed by atoms with Gasteiger partial charge in [-0.25, -0.2) is 23.2 Å². The van der Waals surface area contributed by atoms with Gasteiger partial charge in [-0.3, -0.25) is 18.5 Å². The highest BCUT2D eigenvalue weighted by Crippen LogP contribution is 2.66. The molecule has 23 nitrogen and oxygen atoms in total. The largest absolute Gasteiger partial charge is 0.490 e. The second-order valence-corrected chi connectivity index (χ2v) is 12.6.